The van der Waals surface area contributed by atoms with Crippen LogP contribution >= 0.6 is 0 Å². The van der Waals surface area contributed by atoms with Gasteiger partial charge in [0.05, 0.1) is 29.8 Å². The number of rotatable bonds is 11. The van der Waals surface area contributed by atoms with E-state index in [1.165, 1.54) is 22.8 Å². The van der Waals surface area contributed by atoms with Gasteiger partial charge in [-0.15, -0.1) is 0 Å². The number of halogens is 4. The predicted molar refractivity (Wildman–Crippen MR) is 173 cm³/mol. The molecule has 0 N–H and O–H groups in total. The first-order valence-electron chi connectivity index (χ1n) is 16.5. The maximum Gasteiger partial charge on any atom is 0.449 e. The van der Waals surface area contributed by atoms with Crippen LogP contribution in [-0.2, 0) is 12.7 Å². The molecule has 3 aromatic carbocycles. The number of nitrogens with zero attached hydrogens (tertiary/aromatic N) is 3. The standard InChI is InChI=1S/C37H41F4N3O3/c1-5-46-33-17-23(18-34(47-6-2)35(33)24-7-11-27(38)12-8-24)21-43-16-15-28-25(9-13-30(28)43)20-32(45)26-10-14-31-29(19-26)42-36(37(39,40)41)44(31)22(3)4/h7-8,10-12,14,17-19,22,25,28,30H,5-6,9,13,15-16,20-21H2,1-4H3/t25?,28-,30+/m0/s1. The van der Waals surface area contributed by atoms with Crippen LogP contribution in [0.2, 0.25) is 0 Å². The van der Waals surface area contributed by atoms with Gasteiger partial charge in [0.2, 0.25) is 5.82 Å². The summed E-state index contributed by atoms with van der Waals surface area (Å²) >= 11 is 0. The van der Waals surface area contributed by atoms with E-state index in [0.717, 1.165) is 42.5 Å². The number of carbonyl (C=O) groups excluding carboxylic acids is 1. The molecule has 1 aromatic heterocycles. The first-order valence-corrected chi connectivity index (χ1v) is 16.5. The second-order valence-electron chi connectivity index (χ2n) is 12.9. The fraction of sp³-hybridized carbons (Fsp3) is 0.459. The number of ether oxygens (including phenoxy) is 2. The number of alkyl halides is 3. The van der Waals surface area contributed by atoms with Crippen molar-refractivity contribution in [3.8, 4) is 22.6 Å². The number of ketones is 1. The number of hydrogen-bond donors (Lipinski definition) is 0. The van der Waals surface area contributed by atoms with Crippen molar-refractivity contribution in [1.82, 2.24) is 14.5 Å². The summed E-state index contributed by atoms with van der Waals surface area (Å²) in [7, 11) is 0. The van der Waals surface area contributed by atoms with Gasteiger partial charge in [-0.25, -0.2) is 9.37 Å². The van der Waals surface area contributed by atoms with Gasteiger partial charge >= 0.3 is 6.18 Å². The highest BCUT2D eigenvalue weighted by atomic mass is 19.4. The third-order valence-electron chi connectivity index (χ3n) is 9.62. The highest BCUT2D eigenvalue weighted by Gasteiger charge is 2.44. The summed E-state index contributed by atoms with van der Waals surface area (Å²) in [5, 5.41) is 0. The second kappa shape index (κ2) is 13.3. The van der Waals surface area contributed by atoms with Crippen LogP contribution < -0.4 is 9.47 Å². The first kappa shape index (κ1) is 33.0. The van der Waals surface area contributed by atoms with Crippen molar-refractivity contribution in [2.75, 3.05) is 19.8 Å². The van der Waals surface area contributed by atoms with Crippen LogP contribution in [0.4, 0.5) is 17.6 Å². The number of aromatic nitrogens is 2. The van der Waals surface area contributed by atoms with E-state index in [4.69, 9.17) is 9.47 Å². The van der Waals surface area contributed by atoms with Gasteiger partial charge in [0.1, 0.15) is 17.3 Å². The Morgan fingerprint density at radius 2 is 1.64 bits per heavy atom. The van der Waals surface area contributed by atoms with Gasteiger partial charge in [-0.3, -0.25) is 9.69 Å². The zero-order valence-electron chi connectivity index (χ0n) is 27.2. The predicted octanol–water partition coefficient (Wildman–Crippen LogP) is 9.11. The lowest BCUT2D eigenvalue weighted by Crippen LogP contribution is -2.30. The zero-order valence-corrected chi connectivity index (χ0v) is 27.2. The van der Waals surface area contributed by atoms with Crippen LogP contribution in [0.3, 0.4) is 0 Å². The molecule has 0 spiro atoms. The Balaban J connectivity index is 1.18. The number of imidazole rings is 1. The minimum Gasteiger partial charge on any atom is -0.493 e. The average molecular weight is 652 g/mol. The molecule has 47 heavy (non-hydrogen) atoms. The molecule has 2 aliphatic rings. The molecule has 250 valence electrons. The van der Waals surface area contributed by atoms with Crippen LogP contribution in [0.25, 0.3) is 22.2 Å². The van der Waals surface area contributed by atoms with Crippen molar-refractivity contribution in [3.63, 3.8) is 0 Å². The summed E-state index contributed by atoms with van der Waals surface area (Å²) in [5.41, 5.74) is 3.67. The van der Waals surface area contributed by atoms with Gasteiger partial charge in [0, 0.05) is 30.6 Å². The smallest absolute Gasteiger partial charge is 0.449 e. The Morgan fingerprint density at radius 3 is 2.26 bits per heavy atom. The van der Waals surface area contributed by atoms with Crippen molar-refractivity contribution in [2.24, 2.45) is 11.8 Å². The molecule has 0 radical (unpaired) electrons. The van der Waals surface area contributed by atoms with Crippen LogP contribution in [0.1, 0.15) is 81.2 Å². The van der Waals surface area contributed by atoms with Crippen molar-refractivity contribution in [3.05, 3.63) is 77.4 Å². The van der Waals surface area contributed by atoms with E-state index in [9.17, 15) is 22.4 Å². The van der Waals surface area contributed by atoms with Crippen LogP contribution in [0.5, 0.6) is 11.5 Å². The summed E-state index contributed by atoms with van der Waals surface area (Å²) in [6.45, 7) is 9.82. The molecule has 0 bridgehead atoms. The van der Waals surface area contributed by atoms with Gasteiger partial charge in [0.15, 0.2) is 5.78 Å². The lowest BCUT2D eigenvalue weighted by atomic mass is 9.87. The monoisotopic (exact) mass is 651 g/mol. The summed E-state index contributed by atoms with van der Waals surface area (Å²) < 4.78 is 68.1. The zero-order chi connectivity index (χ0) is 33.5. The lowest BCUT2D eigenvalue weighted by molar-refractivity contribution is -0.147. The molecule has 4 aromatic rings. The van der Waals surface area contributed by atoms with E-state index >= 15 is 0 Å². The summed E-state index contributed by atoms with van der Waals surface area (Å²) in [4.78, 5) is 19.8. The van der Waals surface area contributed by atoms with Gasteiger partial charge in [-0.2, -0.15) is 13.2 Å². The highest BCUT2D eigenvalue weighted by molar-refractivity contribution is 5.99. The van der Waals surface area contributed by atoms with Crippen molar-refractivity contribution >= 4 is 16.8 Å². The van der Waals surface area contributed by atoms with E-state index in [1.54, 1.807) is 38.1 Å². The fourth-order valence-corrected chi connectivity index (χ4v) is 7.70. The minimum atomic E-state index is -4.58. The van der Waals surface area contributed by atoms with E-state index in [-0.39, 0.29) is 23.0 Å². The lowest BCUT2D eigenvalue weighted by Gasteiger charge is -2.25. The van der Waals surface area contributed by atoms with Crippen LogP contribution in [0, 0.1) is 17.7 Å². The third-order valence-corrected chi connectivity index (χ3v) is 9.62. The molecule has 1 aliphatic carbocycles. The van der Waals surface area contributed by atoms with Gasteiger partial charge < -0.3 is 14.0 Å². The third kappa shape index (κ3) is 6.62. The molecular weight excluding hydrogens is 610 g/mol. The molecule has 1 saturated carbocycles. The Kier molecular flexibility index (Phi) is 9.34. The fourth-order valence-electron chi connectivity index (χ4n) is 7.70. The van der Waals surface area contributed by atoms with Gasteiger partial charge in [0.25, 0.3) is 0 Å². The van der Waals surface area contributed by atoms with Crippen LogP contribution in [-0.4, -0.2) is 46.0 Å². The number of fused-ring (bicyclic) bond motifs is 2. The number of carbonyl (C=O) groups is 1. The first-order chi connectivity index (χ1) is 22.5. The van der Waals surface area contributed by atoms with Gasteiger partial charge in [-0.05, 0) is 119 Å². The molecule has 0 amide bonds. The quantitative estimate of drug-likeness (QED) is 0.120. The summed E-state index contributed by atoms with van der Waals surface area (Å²) in [5.74, 6) is 0.681. The molecule has 2 fully saturated rings. The number of benzene rings is 3. The highest BCUT2D eigenvalue weighted by Crippen LogP contribution is 2.46. The summed E-state index contributed by atoms with van der Waals surface area (Å²) in [6, 6.07) is 15.1. The van der Waals surface area contributed by atoms with E-state index in [0.29, 0.717) is 60.7 Å². The van der Waals surface area contributed by atoms with E-state index in [2.05, 4.69) is 22.0 Å². The SMILES string of the molecule is CCOc1cc(CN2CC[C@H]3C(CC(=O)c4ccc5c(c4)nc(C(F)(F)F)n5C(C)C)CC[C@H]32)cc(OCC)c1-c1ccc(F)cc1. The summed E-state index contributed by atoms with van der Waals surface area (Å²) in [6.07, 6.45) is -1.31. The number of likely N-dealkylation sites (tertiary alicyclic amines) is 1. The van der Waals surface area contributed by atoms with Crippen molar-refractivity contribution in [2.45, 2.75) is 78.2 Å². The van der Waals surface area contributed by atoms with Crippen molar-refractivity contribution in [1.29, 1.82) is 0 Å². The van der Waals surface area contributed by atoms with E-state index < -0.39 is 18.0 Å². The van der Waals surface area contributed by atoms with Gasteiger partial charge in [-0.1, -0.05) is 12.1 Å². The molecule has 1 aliphatic heterocycles. The molecule has 1 saturated heterocycles. The molecular formula is C37H41F4N3O3. The van der Waals surface area contributed by atoms with E-state index in [1.807, 2.05) is 13.8 Å². The Labute approximate surface area is 272 Å². The molecule has 1 unspecified atom stereocenters. The Bertz CT molecular complexity index is 1720. The van der Waals surface area contributed by atoms with Crippen molar-refractivity contribution < 1.29 is 31.8 Å². The number of hydrogen-bond acceptors (Lipinski definition) is 5. The molecule has 10 heteroatoms. The second-order valence-corrected chi connectivity index (χ2v) is 12.9. The average Bonchev–Trinajstić information content (AvgIpc) is 3.73. The molecule has 2 heterocycles. The molecule has 6 nitrogen and oxygen atoms in total. The number of Topliss-reactive ketones (excluding diaryl/α,β-unsaturated/α-hetero) is 1. The molecule has 3 atom stereocenters. The largest absolute Gasteiger partial charge is 0.493 e. The Morgan fingerprint density at radius 1 is 0.957 bits per heavy atom. The minimum absolute atomic E-state index is 0.0530. The maximum atomic E-state index is 13.7. The Hall–Kier alpha value is -3.92. The topological polar surface area (TPSA) is 56.6 Å². The van der Waals surface area contributed by atoms with Crippen LogP contribution in [0.15, 0.2) is 54.6 Å². The maximum absolute atomic E-state index is 13.7. The normalized spacial score (nSPS) is 19.9. The molecule has 6 rings (SSSR count).